The third-order valence-corrected chi connectivity index (χ3v) is 4.05. The maximum atomic E-state index is 6.05. The summed E-state index contributed by atoms with van der Waals surface area (Å²) in [6.07, 6.45) is 3.47. The Morgan fingerprint density at radius 2 is 2.05 bits per heavy atom. The van der Waals surface area contributed by atoms with Gasteiger partial charge >= 0.3 is 0 Å². The lowest BCUT2D eigenvalue weighted by Gasteiger charge is -2.09. The van der Waals surface area contributed by atoms with Crippen molar-refractivity contribution in [3.8, 4) is 0 Å². The molecule has 6 heteroatoms. The van der Waals surface area contributed by atoms with E-state index in [0.29, 0.717) is 10.9 Å². The van der Waals surface area contributed by atoms with Gasteiger partial charge in [0.2, 0.25) is 0 Å². The SMILES string of the molecule is Cn1nccc1CCn1c(CCCl)nc2cc(Cl)ccc21. The highest BCUT2D eigenvalue weighted by molar-refractivity contribution is 6.31. The number of rotatable bonds is 5. The van der Waals surface area contributed by atoms with E-state index in [4.69, 9.17) is 23.2 Å². The molecule has 2 aromatic heterocycles. The molecule has 0 saturated carbocycles. The summed E-state index contributed by atoms with van der Waals surface area (Å²) < 4.78 is 4.12. The Morgan fingerprint density at radius 1 is 1.19 bits per heavy atom. The van der Waals surface area contributed by atoms with Crippen LogP contribution in [0.1, 0.15) is 11.5 Å². The fourth-order valence-corrected chi connectivity index (χ4v) is 2.89. The number of hydrogen-bond donors (Lipinski definition) is 0. The highest BCUT2D eigenvalue weighted by atomic mass is 35.5. The van der Waals surface area contributed by atoms with Gasteiger partial charge in [0, 0.05) is 49.2 Å². The van der Waals surface area contributed by atoms with Crippen LogP contribution in [0.2, 0.25) is 5.02 Å². The Morgan fingerprint density at radius 3 is 2.76 bits per heavy atom. The molecule has 0 N–H and O–H groups in total. The Bertz CT molecular complexity index is 760. The molecule has 3 rings (SSSR count). The average molecular weight is 323 g/mol. The van der Waals surface area contributed by atoms with Gasteiger partial charge in [0.25, 0.3) is 0 Å². The van der Waals surface area contributed by atoms with Crippen LogP contribution in [0.4, 0.5) is 0 Å². The predicted molar refractivity (Wildman–Crippen MR) is 86.1 cm³/mol. The molecule has 0 atom stereocenters. The normalized spacial score (nSPS) is 11.4. The third-order valence-electron chi connectivity index (χ3n) is 3.62. The molecule has 110 valence electrons. The van der Waals surface area contributed by atoms with Gasteiger partial charge in [-0.05, 0) is 24.3 Å². The van der Waals surface area contributed by atoms with Crippen molar-refractivity contribution in [3.05, 3.63) is 47.0 Å². The molecule has 4 nitrogen and oxygen atoms in total. The first-order valence-electron chi connectivity index (χ1n) is 6.86. The molecular formula is C15H16Cl2N4. The van der Waals surface area contributed by atoms with E-state index >= 15 is 0 Å². The minimum atomic E-state index is 0.558. The number of aryl methyl sites for hydroxylation is 4. The van der Waals surface area contributed by atoms with E-state index in [1.54, 1.807) is 0 Å². The van der Waals surface area contributed by atoms with Crippen molar-refractivity contribution in [2.45, 2.75) is 19.4 Å². The molecule has 0 fully saturated rings. The molecule has 0 aliphatic heterocycles. The second-order valence-corrected chi connectivity index (χ2v) is 5.76. The second kappa shape index (κ2) is 6.08. The van der Waals surface area contributed by atoms with Crippen LogP contribution in [0.3, 0.4) is 0 Å². The van der Waals surface area contributed by atoms with Crippen LogP contribution < -0.4 is 0 Å². The van der Waals surface area contributed by atoms with Crippen molar-refractivity contribution in [1.82, 2.24) is 19.3 Å². The number of hydrogen-bond acceptors (Lipinski definition) is 2. The van der Waals surface area contributed by atoms with E-state index in [1.807, 2.05) is 42.2 Å². The first-order valence-corrected chi connectivity index (χ1v) is 7.78. The lowest BCUT2D eigenvalue weighted by atomic mass is 10.2. The second-order valence-electron chi connectivity index (χ2n) is 4.95. The molecule has 0 saturated heterocycles. The summed E-state index contributed by atoms with van der Waals surface area (Å²) in [5.74, 6) is 1.56. The van der Waals surface area contributed by atoms with Gasteiger partial charge in [0.15, 0.2) is 0 Å². The minimum absolute atomic E-state index is 0.558. The number of aromatic nitrogens is 4. The molecule has 0 spiro atoms. The van der Waals surface area contributed by atoms with Crippen LogP contribution in [0.15, 0.2) is 30.5 Å². The molecule has 0 aliphatic carbocycles. The highest BCUT2D eigenvalue weighted by Gasteiger charge is 2.11. The number of fused-ring (bicyclic) bond motifs is 1. The van der Waals surface area contributed by atoms with Gasteiger partial charge in [0.05, 0.1) is 11.0 Å². The largest absolute Gasteiger partial charge is 0.328 e. The van der Waals surface area contributed by atoms with Crippen molar-refractivity contribution in [1.29, 1.82) is 0 Å². The molecule has 1 aromatic carbocycles. The quantitative estimate of drug-likeness (QED) is 0.674. The summed E-state index contributed by atoms with van der Waals surface area (Å²) in [7, 11) is 1.96. The zero-order chi connectivity index (χ0) is 14.8. The Balaban J connectivity index is 1.95. The predicted octanol–water partition coefficient (Wildman–Crippen LogP) is 3.45. The lowest BCUT2D eigenvalue weighted by molar-refractivity contribution is 0.628. The van der Waals surface area contributed by atoms with Crippen molar-refractivity contribution in [3.63, 3.8) is 0 Å². The van der Waals surface area contributed by atoms with E-state index in [1.165, 1.54) is 5.69 Å². The summed E-state index contributed by atoms with van der Waals surface area (Å²) in [6.45, 7) is 0.851. The molecule has 0 aliphatic rings. The molecule has 0 unspecified atom stereocenters. The van der Waals surface area contributed by atoms with Gasteiger partial charge in [-0.1, -0.05) is 11.6 Å². The van der Waals surface area contributed by atoms with E-state index in [0.717, 1.165) is 36.2 Å². The van der Waals surface area contributed by atoms with Gasteiger partial charge in [-0.15, -0.1) is 11.6 Å². The fourth-order valence-electron chi connectivity index (χ4n) is 2.55. The smallest absolute Gasteiger partial charge is 0.111 e. The van der Waals surface area contributed by atoms with E-state index < -0.39 is 0 Å². The van der Waals surface area contributed by atoms with Crippen molar-refractivity contribution in [2.24, 2.45) is 7.05 Å². The molecule has 0 amide bonds. The molecule has 0 bridgehead atoms. The van der Waals surface area contributed by atoms with E-state index in [9.17, 15) is 0 Å². The first kappa shape index (κ1) is 14.4. The Labute approximate surface area is 133 Å². The standard InChI is InChI=1S/C15H16Cl2N4/c1-20-12(5-8-18-20)6-9-21-14-3-2-11(17)10-13(14)19-15(21)4-7-16/h2-3,5,8,10H,4,6-7,9H2,1H3. The number of nitrogens with zero attached hydrogens (tertiary/aromatic N) is 4. The van der Waals surface area contributed by atoms with Crippen LogP contribution in [-0.2, 0) is 26.4 Å². The van der Waals surface area contributed by atoms with Gasteiger partial charge in [-0.2, -0.15) is 5.10 Å². The van der Waals surface area contributed by atoms with Gasteiger partial charge in [-0.25, -0.2) is 4.98 Å². The number of benzene rings is 1. The minimum Gasteiger partial charge on any atom is -0.328 e. The third kappa shape index (κ3) is 2.92. The van der Waals surface area contributed by atoms with Crippen molar-refractivity contribution in [2.75, 3.05) is 5.88 Å². The van der Waals surface area contributed by atoms with E-state index in [2.05, 4.69) is 14.6 Å². The summed E-state index contributed by atoms with van der Waals surface area (Å²) in [5, 5.41) is 4.91. The highest BCUT2D eigenvalue weighted by Crippen LogP contribution is 2.21. The summed E-state index contributed by atoms with van der Waals surface area (Å²) >= 11 is 11.9. The Hall–Kier alpha value is -1.52. The zero-order valence-electron chi connectivity index (χ0n) is 11.8. The van der Waals surface area contributed by atoms with E-state index in [-0.39, 0.29) is 0 Å². The van der Waals surface area contributed by atoms with Crippen LogP contribution in [0.5, 0.6) is 0 Å². The lowest BCUT2D eigenvalue weighted by Crippen LogP contribution is -2.09. The van der Waals surface area contributed by atoms with Crippen LogP contribution in [0, 0.1) is 0 Å². The number of imidazole rings is 1. The first-order chi connectivity index (χ1) is 10.2. The molecule has 3 aromatic rings. The van der Waals surface area contributed by atoms with Gasteiger partial charge in [-0.3, -0.25) is 4.68 Å². The number of halogens is 2. The maximum Gasteiger partial charge on any atom is 0.111 e. The zero-order valence-corrected chi connectivity index (χ0v) is 13.3. The van der Waals surface area contributed by atoms with Crippen molar-refractivity contribution < 1.29 is 0 Å². The average Bonchev–Trinajstić information content (AvgIpc) is 3.00. The topological polar surface area (TPSA) is 35.6 Å². The summed E-state index contributed by atoms with van der Waals surface area (Å²) in [6, 6.07) is 7.86. The van der Waals surface area contributed by atoms with Crippen LogP contribution in [0.25, 0.3) is 11.0 Å². The summed E-state index contributed by atoms with van der Waals surface area (Å²) in [4.78, 5) is 4.66. The van der Waals surface area contributed by atoms with Crippen LogP contribution in [-0.4, -0.2) is 25.2 Å². The molecule has 0 radical (unpaired) electrons. The van der Waals surface area contributed by atoms with Gasteiger partial charge < -0.3 is 4.57 Å². The fraction of sp³-hybridized carbons (Fsp3) is 0.333. The number of alkyl halides is 1. The van der Waals surface area contributed by atoms with Crippen molar-refractivity contribution >= 4 is 34.2 Å². The molecule has 2 heterocycles. The molecular weight excluding hydrogens is 307 g/mol. The maximum absolute atomic E-state index is 6.05. The molecule has 21 heavy (non-hydrogen) atoms. The van der Waals surface area contributed by atoms with Crippen LogP contribution >= 0.6 is 23.2 Å². The summed E-state index contributed by atoms with van der Waals surface area (Å²) in [5.41, 5.74) is 3.22. The Kier molecular flexibility index (Phi) is 4.17. The van der Waals surface area contributed by atoms with Gasteiger partial charge in [0.1, 0.15) is 5.82 Å². The monoisotopic (exact) mass is 322 g/mol.